The lowest BCUT2D eigenvalue weighted by Gasteiger charge is -2.09. The fourth-order valence-corrected chi connectivity index (χ4v) is 3.00. The minimum atomic E-state index is 0.334. The fourth-order valence-electron chi connectivity index (χ4n) is 2.81. The van der Waals surface area contributed by atoms with Gasteiger partial charge in [0, 0.05) is 29.0 Å². The average Bonchev–Trinajstić information content (AvgIpc) is 2.74. The largest absolute Gasteiger partial charge is 0.489 e. The van der Waals surface area contributed by atoms with Gasteiger partial charge < -0.3 is 9.47 Å². The van der Waals surface area contributed by atoms with Crippen LogP contribution in [0.5, 0.6) is 5.75 Å². The molecule has 0 saturated carbocycles. The van der Waals surface area contributed by atoms with Crippen molar-refractivity contribution in [2.24, 2.45) is 5.10 Å². The van der Waals surface area contributed by atoms with E-state index in [1.165, 1.54) is 0 Å². The number of ether oxygens (including phenoxy) is 2. The number of rotatable bonds is 8. The van der Waals surface area contributed by atoms with Crippen LogP contribution in [0.15, 0.2) is 59.7 Å². The Morgan fingerprint density at radius 1 is 1.13 bits per heavy atom. The first-order valence-corrected chi connectivity index (χ1v) is 9.63. The van der Waals surface area contributed by atoms with Crippen LogP contribution in [0.25, 0.3) is 0 Å². The molecule has 0 radical (unpaired) electrons. The molecule has 0 fully saturated rings. The summed E-state index contributed by atoms with van der Waals surface area (Å²) in [5.74, 6) is 1.14. The standard InChI is InChI=1S/C23H21ClN4O2/c1-16-11-19(14-29-2)21(12-25)23(27-16)28-26-13-17-7-9-20(10-8-17)30-15-18-5-3-4-6-22(18)24/h3-11,13H,14-15H2,1-2H3,(H,27,28)/b26-13-. The van der Waals surface area contributed by atoms with Crippen LogP contribution in [0.4, 0.5) is 5.82 Å². The molecule has 30 heavy (non-hydrogen) atoms. The molecular formula is C23H21ClN4O2. The van der Waals surface area contributed by atoms with Gasteiger partial charge in [-0.1, -0.05) is 29.8 Å². The van der Waals surface area contributed by atoms with E-state index in [9.17, 15) is 5.26 Å². The lowest BCUT2D eigenvalue weighted by Crippen LogP contribution is -2.03. The first-order valence-electron chi connectivity index (χ1n) is 9.25. The van der Waals surface area contributed by atoms with Crippen molar-refractivity contribution in [3.63, 3.8) is 0 Å². The van der Waals surface area contributed by atoms with Gasteiger partial charge in [0.1, 0.15) is 24.0 Å². The Hall–Kier alpha value is -3.40. The van der Waals surface area contributed by atoms with Crippen molar-refractivity contribution in [2.45, 2.75) is 20.1 Å². The van der Waals surface area contributed by atoms with E-state index in [0.29, 0.717) is 29.6 Å². The quantitative estimate of drug-likeness (QED) is 0.405. The zero-order valence-electron chi connectivity index (χ0n) is 16.7. The summed E-state index contributed by atoms with van der Waals surface area (Å²) in [5.41, 5.74) is 6.62. The average molecular weight is 421 g/mol. The zero-order valence-corrected chi connectivity index (χ0v) is 17.5. The number of hydrogen-bond acceptors (Lipinski definition) is 6. The Morgan fingerprint density at radius 2 is 1.90 bits per heavy atom. The van der Waals surface area contributed by atoms with E-state index in [1.807, 2.05) is 61.5 Å². The molecule has 2 aromatic carbocycles. The van der Waals surface area contributed by atoms with Gasteiger partial charge >= 0.3 is 0 Å². The number of hydrogen-bond donors (Lipinski definition) is 1. The molecule has 0 unspecified atom stereocenters. The summed E-state index contributed by atoms with van der Waals surface area (Å²) in [7, 11) is 1.59. The lowest BCUT2D eigenvalue weighted by molar-refractivity contribution is 0.184. The normalized spacial score (nSPS) is 10.7. The minimum Gasteiger partial charge on any atom is -0.489 e. The molecule has 0 aliphatic heterocycles. The SMILES string of the molecule is COCc1cc(C)nc(N/N=C\c2ccc(OCc3ccccc3Cl)cc2)c1C#N. The van der Waals surface area contributed by atoms with Gasteiger partial charge in [-0.3, -0.25) is 5.43 Å². The van der Waals surface area contributed by atoms with E-state index in [4.69, 9.17) is 21.1 Å². The van der Waals surface area contributed by atoms with E-state index >= 15 is 0 Å². The van der Waals surface area contributed by atoms with Gasteiger partial charge in [0.15, 0.2) is 5.82 Å². The first-order chi connectivity index (χ1) is 14.6. The number of hydrazone groups is 1. The van der Waals surface area contributed by atoms with Crippen LogP contribution in [0.1, 0.15) is 27.9 Å². The van der Waals surface area contributed by atoms with Gasteiger partial charge in [-0.25, -0.2) is 4.98 Å². The molecule has 0 aliphatic rings. The van der Waals surface area contributed by atoms with Gasteiger partial charge in [0.25, 0.3) is 0 Å². The lowest BCUT2D eigenvalue weighted by atomic mass is 10.1. The van der Waals surface area contributed by atoms with Gasteiger partial charge in [0.05, 0.1) is 12.8 Å². The topological polar surface area (TPSA) is 79.5 Å². The van der Waals surface area contributed by atoms with Crippen LogP contribution in [0.3, 0.4) is 0 Å². The molecule has 0 aliphatic carbocycles. The Morgan fingerprint density at radius 3 is 2.60 bits per heavy atom. The minimum absolute atomic E-state index is 0.334. The maximum absolute atomic E-state index is 9.45. The van der Waals surface area contributed by atoms with Crippen molar-refractivity contribution in [3.8, 4) is 11.8 Å². The summed E-state index contributed by atoms with van der Waals surface area (Å²) in [5, 5.41) is 14.3. The molecule has 0 bridgehead atoms. The number of anilines is 1. The molecule has 6 nitrogen and oxygen atoms in total. The van der Waals surface area contributed by atoms with Crippen molar-refractivity contribution < 1.29 is 9.47 Å². The first kappa shape index (κ1) is 21.3. The second-order valence-electron chi connectivity index (χ2n) is 6.51. The van der Waals surface area contributed by atoms with E-state index in [1.54, 1.807) is 13.3 Å². The maximum Gasteiger partial charge on any atom is 0.164 e. The second kappa shape index (κ2) is 10.4. The number of benzene rings is 2. The van der Waals surface area contributed by atoms with Crippen LogP contribution in [-0.2, 0) is 18.0 Å². The Balaban J connectivity index is 1.63. The molecule has 0 atom stereocenters. The molecule has 7 heteroatoms. The van der Waals surface area contributed by atoms with Crippen molar-refractivity contribution in [1.29, 1.82) is 5.26 Å². The summed E-state index contributed by atoms with van der Waals surface area (Å²) in [6.45, 7) is 2.59. The molecule has 152 valence electrons. The maximum atomic E-state index is 9.45. The van der Waals surface area contributed by atoms with E-state index in [2.05, 4.69) is 21.6 Å². The molecule has 1 N–H and O–H groups in total. The summed E-state index contributed by atoms with van der Waals surface area (Å²) >= 11 is 6.15. The van der Waals surface area contributed by atoms with E-state index < -0.39 is 0 Å². The number of pyridine rings is 1. The number of nitrogens with one attached hydrogen (secondary N) is 1. The highest BCUT2D eigenvalue weighted by Crippen LogP contribution is 2.20. The second-order valence-corrected chi connectivity index (χ2v) is 6.92. The smallest absolute Gasteiger partial charge is 0.164 e. The third kappa shape index (κ3) is 5.57. The predicted octanol–water partition coefficient (Wildman–Crippen LogP) is 5.09. The summed E-state index contributed by atoms with van der Waals surface area (Å²) < 4.78 is 10.9. The number of aromatic nitrogens is 1. The number of nitriles is 1. The summed E-state index contributed by atoms with van der Waals surface area (Å²) in [6.07, 6.45) is 1.65. The molecule has 0 saturated heterocycles. The Bertz CT molecular complexity index is 1080. The van der Waals surface area contributed by atoms with Crippen molar-refractivity contribution in [1.82, 2.24) is 4.98 Å². The summed E-state index contributed by atoms with van der Waals surface area (Å²) in [6, 6.07) is 19.1. The Kier molecular flexibility index (Phi) is 7.39. The van der Waals surface area contributed by atoms with Gasteiger partial charge in [-0.2, -0.15) is 10.4 Å². The molecule has 1 heterocycles. The molecular weight excluding hydrogens is 400 g/mol. The van der Waals surface area contributed by atoms with Crippen LogP contribution >= 0.6 is 11.6 Å². The van der Waals surface area contributed by atoms with Gasteiger partial charge in [-0.05, 0) is 48.9 Å². The monoisotopic (exact) mass is 420 g/mol. The van der Waals surface area contributed by atoms with Crippen LogP contribution in [0, 0.1) is 18.3 Å². The third-order valence-corrected chi connectivity index (χ3v) is 4.63. The zero-order chi connectivity index (χ0) is 21.3. The highest BCUT2D eigenvalue weighted by Gasteiger charge is 2.10. The van der Waals surface area contributed by atoms with Gasteiger partial charge in [-0.15, -0.1) is 0 Å². The Labute approximate surface area is 180 Å². The van der Waals surface area contributed by atoms with Crippen molar-refractivity contribution >= 4 is 23.6 Å². The van der Waals surface area contributed by atoms with Crippen molar-refractivity contribution in [2.75, 3.05) is 12.5 Å². The van der Waals surface area contributed by atoms with E-state index in [0.717, 1.165) is 28.1 Å². The molecule has 3 aromatic rings. The highest BCUT2D eigenvalue weighted by molar-refractivity contribution is 6.31. The van der Waals surface area contributed by atoms with Crippen molar-refractivity contribution in [3.05, 3.63) is 87.6 Å². The number of nitrogens with zero attached hydrogens (tertiary/aromatic N) is 3. The predicted molar refractivity (Wildman–Crippen MR) is 118 cm³/mol. The van der Waals surface area contributed by atoms with E-state index in [-0.39, 0.29) is 0 Å². The highest BCUT2D eigenvalue weighted by atomic mass is 35.5. The van der Waals surface area contributed by atoms with Crippen LogP contribution < -0.4 is 10.2 Å². The fraction of sp³-hybridized carbons (Fsp3) is 0.174. The van der Waals surface area contributed by atoms with Crippen LogP contribution in [0.2, 0.25) is 5.02 Å². The summed E-state index contributed by atoms with van der Waals surface area (Å²) in [4.78, 5) is 4.36. The number of aryl methyl sites for hydroxylation is 1. The molecule has 0 spiro atoms. The number of methoxy groups -OCH3 is 1. The molecule has 3 rings (SSSR count). The third-order valence-electron chi connectivity index (χ3n) is 4.26. The van der Waals surface area contributed by atoms with Gasteiger partial charge in [0.2, 0.25) is 0 Å². The molecule has 0 amide bonds. The van der Waals surface area contributed by atoms with Crippen LogP contribution in [-0.4, -0.2) is 18.3 Å². The molecule has 1 aromatic heterocycles. The number of halogens is 1.